The first-order chi connectivity index (χ1) is 9.61. The molecule has 20 heavy (non-hydrogen) atoms. The van der Waals surface area contributed by atoms with E-state index in [9.17, 15) is 4.79 Å². The van der Waals surface area contributed by atoms with Crippen molar-refractivity contribution in [3.63, 3.8) is 0 Å². The predicted octanol–water partition coefficient (Wildman–Crippen LogP) is 1.27. The Morgan fingerprint density at radius 3 is 3.00 bits per heavy atom. The number of primary amides is 1. The number of imidazole rings is 1. The number of carbonyl (C=O) groups is 1. The number of para-hydroxylation sites is 1. The molecular formula is C15H18N4O. The fourth-order valence-corrected chi connectivity index (χ4v) is 3.95. The van der Waals surface area contributed by atoms with Crippen molar-refractivity contribution in [2.75, 3.05) is 6.54 Å². The van der Waals surface area contributed by atoms with E-state index in [2.05, 4.69) is 9.88 Å². The maximum absolute atomic E-state index is 11.6. The van der Waals surface area contributed by atoms with E-state index in [0.717, 1.165) is 42.2 Å². The van der Waals surface area contributed by atoms with E-state index in [0.29, 0.717) is 5.56 Å². The minimum absolute atomic E-state index is 0.00659. The molecule has 1 aliphatic carbocycles. The molecule has 2 atom stereocenters. The zero-order valence-electron chi connectivity index (χ0n) is 11.5. The van der Waals surface area contributed by atoms with Crippen molar-refractivity contribution >= 4 is 16.9 Å². The monoisotopic (exact) mass is 270 g/mol. The third kappa shape index (κ3) is 1.41. The van der Waals surface area contributed by atoms with Gasteiger partial charge in [-0.1, -0.05) is 6.07 Å². The second kappa shape index (κ2) is 3.82. The van der Waals surface area contributed by atoms with Crippen LogP contribution in [0.3, 0.4) is 0 Å². The summed E-state index contributed by atoms with van der Waals surface area (Å²) in [5, 5.41) is 3.64. The molecule has 5 nitrogen and oxygen atoms in total. The normalized spacial score (nSPS) is 28.4. The molecule has 2 bridgehead atoms. The SMILES string of the molecule is Cn1c(C23CCC(CN2)C3)nc2c(C(N)=O)cccc21. The van der Waals surface area contributed by atoms with Gasteiger partial charge in [0.2, 0.25) is 0 Å². The van der Waals surface area contributed by atoms with Gasteiger partial charge in [0.15, 0.2) is 0 Å². The smallest absolute Gasteiger partial charge is 0.250 e. The first-order valence-corrected chi connectivity index (χ1v) is 7.11. The Labute approximate surface area is 117 Å². The van der Waals surface area contributed by atoms with Gasteiger partial charge in [-0.15, -0.1) is 0 Å². The molecule has 0 spiro atoms. The molecule has 3 N–H and O–H groups in total. The summed E-state index contributed by atoms with van der Waals surface area (Å²) < 4.78 is 2.11. The molecule has 2 aromatic rings. The lowest BCUT2D eigenvalue weighted by atomic mass is 9.98. The largest absolute Gasteiger partial charge is 0.366 e. The van der Waals surface area contributed by atoms with Gasteiger partial charge in [0.25, 0.3) is 5.91 Å². The quantitative estimate of drug-likeness (QED) is 0.863. The van der Waals surface area contributed by atoms with E-state index in [1.807, 2.05) is 19.2 Å². The number of aryl methyl sites for hydroxylation is 1. The van der Waals surface area contributed by atoms with Crippen LogP contribution in [0.4, 0.5) is 0 Å². The summed E-state index contributed by atoms with van der Waals surface area (Å²) in [6.45, 7) is 1.08. The van der Waals surface area contributed by atoms with Crippen LogP contribution in [0.2, 0.25) is 0 Å². The number of nitrogens with one attached hydrogen (secondary N) is 1. The average molecular weight is 270 g/mol. The van der Waals surface area contributed by atoms with Gasteiger partial charge in [-0.3, -0.25) is 4.79 Å². The van der Waals surface area contributed by atoms with Crippen molar-refractivity contribution in [3.8, 4) is 0 Å². The molecule has 1 aliphatic heterocycles. The number of hydrogen-bond acceptors (Lipinski definition) is 3. The zero-order chi connectivity index (χ0) is 13.9. The molecule has 1 aromatic carbocycles. The van der Waals surface area contributed by atoms with Gasteiger partial charge in [0.05, 0.1) is 16.6 Å². The van der Waals surface area contributed by atoms with E-state index in [4.69, 9.17) is 10.7 Å². The molecule has 4 rings (SSSR count). The van der Waals surface area contributed by atoms with Crippen molar-refractivity contribution in [2.24, 2.45) is 18.7 Å². The highest BCUT2D eigenvalue weighted by molar-refractivity contribution is 6.04. The molecule has 2 unspecified atom stereocenters. The van der Waals surface area contributed by atoms with Crippen LogP contribution in [-0.2, 0) is 12.6 Å². The Kier molecular flexibility index (Phi) is 2.27. The average Bonchev–Trinajstić information content (AvgIpc) is 3.12. The molecule has 104 valence electrons. The maximum Gasteiger partial charge on any atom is 0.250 e. The Morgan fingerprint density at radius 1 is 1.55 bits per heavy atom. The maximum atomic E-state index is 11.6. The number of amides is 1. The molecule has 1 aromatic heterocycles. The van der Waals surface area contributed by atoms with E-state index in [1.54, 1.807) is 6.07 Å². The van der Waals surface area contributed by atoms with E-state index < -0.39 is 5.91 Å². The summed E-state index contributed by atoms with van der Waals surface area (Å²) in [4.78, 5) is 16.4. The number of rotatable bonds is 2. The lowest BCUT2D eigenvalue weighted by Crippen LogP contribution is -2.39. The lowest BCUT2D eigenvalue weighted by Gasteiger charge is -2.27. The standard InChI is InChI=1S/C15H18N4O/c1-19-11-4-2-3-10(13(16)20)12(11)18-14(19)15-6-5-9(7-15)8-17-15/h2-4,9,17H,5-8H2,1H3,(H2,16,20). The minimum Gasteiger partial charge on any atom is -0.366 e. The van der Waals surface area contributed by atoms with Gasteiger partial charge < -0.3 is 15.6 Å². The first-order valence-electron chi connectivity index (χ1n) is 7.11. The fourth-order valence-electron chi connectivity index (χ4n) is 3.95. The van der Waals surface area contributed by atoms with Gasteiger partial charge in [-0.05, 0) is 43.9 Å². The van der Waals surface area contributed by atoms with Crippen LogP contribution in [-0.4, -0.2) is 22.0 Å². The van der Waals surface area contributed by atoms with Crippen molar-refractivity contribution < 1.29 is 4.79 Å². The van der Waals surface area contributed by atoms with Gasteiger partial charge in [0.1, 0.15) is 11.3 Å². The molecule has 5 heteroatoms. The van der Waals surface area contributed by atoms with Crippen LogP contribution in [0, 0.1) is 5.92 Å². The van der Waals surface area contributed by atoms with Gasteiger partial charge in [0, 0.05) is 7.05 Å². The molecule has 1 saturated heterocycles. The molecule has 1 amide bonds. The number of carbonyl (C=O) groups excluding carboxylic acids is 1. The van der Waals surface area contributed by atoms with Gasteiger partial charge >= 0.3 is 0 Å². The number of fused-ring (bicyclic) bond motifs is 3. The molecule has 2 fully saturated rings. The van der Waals surface area contributed by atoms with Crippen LogP contribution in [0.5, 0.6) is 0 Å². The van der Waals surface area contributed by atoms with Crippen LogP contribution < -0.4 is 11.1 Å². The highest BCUT2D eigenvalue weighted by Gasteiger charge is 2.48. The Balaban J connectivity index is 1.95. The molecule has 2 aliphatic rings. The third-order valence-corrected chi connectivity index (χ3v) is 4.95. The predicted molar refractivity (Wildman–Crippen MR) is 76.3 cm³/mol. The highest BCUT2D eigenvalue weighted by atomic mass is 16.1. The summed E-state index contributed by atoms with van der Waals surface area (Å²) in [7, 11) is 2.03. The Bertz CT molecular complexity index is 710. The first kappa shape index (κ1) is 11.9. The Morgan fingerprint density at radius 2 is 2.40 bits per heavy atom. The van der Waals surface area contributed by atoms with Crippen molar-refractivity contribution in [2.45, 2.75) is 24.8 Å². The Hall–Kier alpha value is -1.88. The van der Waals surface area contributed by atoms with Crippen molar-refractivity contribution in [1.29, 1.82) is 0 Å². The minimum atomic E-state index is -0.415. The summed E-state index contributed by atoms with van der Waals surface area (Å²) >= 11 is 0. The number of aromatic nitrogens is 2. The third-order valence-electron chi connectivity index (χ3n) is 4.95. The molecule has 2 heterocycles. The van der Waals surface area contributed by atoms with Crippen LogP contribution in [0.1, 0.15) is 35.4 Å². The van der Waals surface area contributed by atoms with E-state index in [-0.39, 0.29) is 5.54 Å². The second-order valence-corrected chi connectivity index (χ2v) is 6.10. The van der Waals surface area contributed by atoms with Crippen LogP contribution in [0.25, 0.3) is 11.0 Å². The van der Waals surface area contributed by atoms with E-state index in [1.165, 1.54) is 6.42 Å². The highest BCUT2D eigenvalue weighted by Crippen LogP contribution is 2.46. The number of hydrogen-bond donors (Lipinski definition) is 2. The number of nitrogens with zero attached hydrogens (tertiary/aromatic N) is 2. The van der Waals surface area contributed by atoms with Crippen LogP contribution >= 0.6 is 0 Å². The number of piperidine rings is 1. The van der Waals surface area contributed by atoms with E-state index >= 15 is 0 Å². The van der Waals surface area contributed by atoms with Crippen LogP contribution in [0.15, 0.2) is 18.2 Å². The number of benzene rings is 1. The topological polar surface area (TPSA) is 72.9 Å². The zero-order valence-corrected chi connectivity index (χ0v) is 11.5. The summed E-state index contributed by atoms with van der Waals surface area (Å²) in [6.07, 6.45) is 3.54. The summed E-state index contributed by atoms with van der Waals surface area (Å²) in [5.74, 6) is 1.40. The molecule has 1 saturated carbocycles. The van der Waals surface area contributed by atoms with Crippen molar-refractivity contribution in [1.82, 2.24) is 14.9 Å². The molecule has 0 radical (unpaired) electrons. The summed E-state index contributed by atoms with van der Waals surface area (Å²) in [5.41, 5.74) is 7.66. The second-order valence-electron chi connectivity index (χ2n) is 6.10. The fraction of sp³-hybridized carbons (Fsp3) is 0.467. The summed E-state index contributed by atoms with van der Waals surface area (Å²) in [6, 6.07) is 5.61. The number of nitrogens with two attached hydrogens (primary N) is 1. The molecular weight excluding hydrogens is 252 g/mol. The van der Waals surface area contributed by atoms with Gasteiger partial charge in [-0.2, -0.15) is 0 Å². The van der Waals surface area contributed by atoms with Crippen molar-refractivity contribution in [3.05, 3.63) is 29.6 Å². The lowest BCUT2D eigenvalue weighted by molar-refractivity contribution is 0.100. The van der Waals surface area contributed by atoms with Gasteiger partial charge in [-0.25, -0.2) is 4.98 Å².